The van der Waals surface area contributed by atoms with E-state index in [2.05, 4.69) is 15.4 Å². The van der Waals surface area contributed by atoms with Gasteiger partial charge in [0.1, 0.15) is 11.0 Å². The van der Waals surface area contributed by atoms with Crippen molar-refractivity contribution in [3.63, 3.8) is 0 Å². The highest BCUT2D eigenvalue weighted by atomic mass is 16.4. The highest BCUT2D eigenvalue weighted by Gasteiger charge is 2.18. The van der Waals surface area contributed by atoms with Gasteiger partial charge >= 0.3 is 5.97 Å². The van der Waals surface area contributed by atoms with Gasteiger partial charge in [0.15, 0.2) is 0 Å². The molecule has 0 aliphatic rings. The lowest BCUT2D eigenvalue weighted by Crippen LogP contribution is -2.36. The van der Waals surface area contributed by atoms with Crippen LogP contribution in [0.1, 0.15) is 30.6 Å². The van der Waals surface area contributed by atoms with Gasteiger partial charge in [-0.05, 0) is 24.1 Å². The second-order valence-electron chi connectivity index (χ2n) is 5.32. The number of hydrogen-bond donors (Lipinski definition) is 2. The predicted molar refractivity (Wildman–Crippen MR) is 76.9 cm³/mol. The van der Waals surface area contributed by atoms with Gasteiger partial charge in [-0.2, -0.15) is 15.4 Å². The Balaban J connectivity index is 2.20. The molecule has 1 aromatic heterocycles. The van der Waals surface area contributed by atoms with Gasteiger partial charge in [0.2, 0.25) is 0 Å². The molecule has 2 aromatic rings. The highest BCUT2D eigenvalue weighted by molar-refractivity contribution is 5.97. The number of fused-ring (bicyclic) bond motifs is 1. The smallest absolute Gasteiger partial charge is 0.305 e. The minimum absolute atomic E-state index is 0.0648. The van der Waals surface area contributed by atoms with Crippen molar-refractivity contribution in [2.45, 2.75) is 20.3 Å². The number of carbonyl (C=O) groups is 2. The zero-order chi connectivity index (χ0) is 15.4. The monoisotopic (exact) mass is 290 g/mol. The third-order valence-corrected chi connectivity index (χ3v) is 3.03. The first kappa shape index (κ1) is 15.0. The maximum absolute atomic E-state index is 12.5. The van der Waals surface area contributed by atoms with Crippen molar-refractivity contribution in [2.24, 2.45) is 5.92 Å². The molecule has 1 heterocycles. The average molecular weight is 290 g/mol. The molecule has 1 aromatic carbocycles. The van der Waals surface area contributed by atoms with E-state index in [9.17, 15) is 9.59 Å². The minimum Gasteiger partial charge on any atom is -0.481 e. The van der Waals surface area contributed by atoms with Crippen LogP contribution in [-0.2, 0) is 4.79 Å². The van der Waals surface area contributed by atoms with E-state index in [1.165, 1.54) is 0 Å². The fourth-order valence-electron chi connectivity index (χ4n) is 2.10. The summed E-state index contributed by atoms with van der Waals surface area (Å²) in [7, 11) is 0. The summed E-state index contributed by atoms with van der Waals surface area (Å²) in [5.74, 6) is -0.836. The van der Waals surface area contributed by atoms with E-state index < -0.39 is 5.97 Å². The molecule has 0 spiro atoms. The number of H-pyrrole nitrogens is 1. The molecule has 7 nitrogen and oxygen atoms in total. The van der Waals surface area contributed by atoms with Gasteiger partial charge in [-0.25, -0.2) is 0 Å². The van der Waals surface area contributed by atoms with Crippen molar-refractivity contribution < 1.29 is 14.7 Å². The number of amides is 1. The summed E-state index contributed by atoms with van der Waals surface area (Å²) in [5, 5.41) is 19.2. The molecule has 21 heavy (non-hydrogen) atoms. The minimum atomic E-state index is -0.913. The first-order valence-electron chi connectivity index (χ1n) is 6.79. The molecule has 0 atom stereocenters. The lowest BCUT2D eigenvalue weighted by atomic mass is 10.1. The maximum Gasteiger partial charge on any atom is 0.305 e. The summed E-state index contributed by atoms with van der Waals surface area (Å²) in [6.45, 7) is 4.69. The Labute approximate surface area is 121 Å². The lowest BCUT2D eigenvalue weighted by molar-refractivity contribution is -0.137. The number of rotatable bonds is 6. The van der Waals surface area contributed by atoms with E-state index in [1.54, 1.807) is 23.1 Å². The van der Waals surface area contributed by atoms with Crippen LogP contribution in [0.3, 0.4) is 0 Å². The van der Waals surface area contributed by atoms with E-state index >= 15 is 0 Å². The molecular formula is C14H18N4O3. The average Bonchev–Trinajstić information content (AvgIpc) is 2.89. The fraction of sp³-hybridized carbons (Fsp3) is 0.429. The Morgan fingerprint density at radius 3 is 2.67 bits per heavy atom. The first-order valence-corrected chi connectivity index (χ1v) is 6.79. The number of aromatic nitrogens is 3. The van der Waals surface area contributed by atoms with Crippen molar-refractivity contribution in [3.8, 4) is 0 Å². The molecule has 0 saturated carbocycles. The normalized spacial score (nSPS) is 11.0. The zero-order valence-corrected chi connectivity index (χ0v) is 12.0. The van der Waals surface area contributed by atoms with Gasteiger partial charge in [0, 0.05) is 18.7 Å². The summed E-state index contributed by atoms with van der Waals surface area (Å²) in [6.07, 6.45) is -0.0648. The van der Waals surface area contributed by atoms with E-state index in [-0.39, 0.29) is 24.8 Å². The van der Waals surface area contributed by atoms with Crippen molar-refractivity contribution >= 4 is 22.9 Å². The van der Waals surface area contributed by atoms with Gasteiger partial charge in [0.05, 0.1) is 6.42 Å². The van der Waals surface area contributed by atoms with Gasteiger partial charge in [0.25, 0.3) is 5.91 Å². The Morgan fingerprint density at radius 2 is 2.00 bits per heavy atom. The van der Waals surface area contributed by atoms with Crippen LogP contribution in [0, 0.1) is 5.92 Å². The Morgan fingerprint density at radius 1 is 1.29 bits per heavy atom. The number of hydrogen-bond acceptors (Lipinski definition) is 4. The van der Waals surface area contributed by atoms with Gasteiger partial charge in [-0.15, -0.1) is 0 Å². The topological polar surface area (TPSA) is 99.2 Å². The molecule has 0 aliphatic heterocycles. The maximum atomic E-state index is 12.5. The number of carboxylic acid groups (broad SMARTS) is 1. The fourth-order valence-corrected chi connectivity index (χ4v) is 2.10. The van der Waals surface area contributed by atoms with Crippen molar-refractivity contribution in [1.82, 2.24) is 20.3 Å². The van der Waals surface area contributed by atoms with Gasteiger partial charge in [-0.1, -0.05) is 13.8 Å². The summed E-state index contributed by atoms with van der Waals surface area (Å²) >= 11 is 0. The van der Waals surface area contributed by atoms with Crippen LogP contribution in [-0.4, -0.2) is 50.4 Å². The van der Waals surface area contributed by atoms with Crippen LogP contribution < -0.4 is 0 Å². The quantitative estimate of drug-likeness (QED) is 0.840. The van der Waals surface area contributed by atoms with Crippen LogP contribution in [0.2, 0.25) is 0 Å². The van der Waals surface area contributed by atoms with Crippen molar-refractivity contribution in [3.05, 3.63) is 23.8 Å². The van der Waals surface area contributed by atoms with Gasteiger partial charge in [-0.3, -0.25) is 9.59 Å². The molecular weight excluding hydrogens is 272 g/mol. The SMILES string of the molecule is CC(C)CN(CCC(=O)O)C(=O)c1ccc2n[nH]nc2c1. The Bertz CT molecular complexity index is 650. The van der Waals surface area contributed by atoms with Crippen molar-refractivity contribution in [2.75, 3.05) is 13.1 Å². The van der Waals surface area contributed by atoms with E-state index in [0.717, 1.165) is 0 Å². The molecule has 2 N–H and O–H groups in total. The summed E-state index contributed by atoms with van der Waals surface area (Å²) in [6, 6.07) is 5.06. The summed E-state index contributed by atoms with van der Waals surface area (Å²) in [4.78, 5) is 24.8. The van der Waals surface area contributed by atoms with Crippen molar-refractivity contribution in [1.29, 1.82) is 0 Å². The number of carboxylic acids is 1. The zero-order valence-electron chi connectivity index (χ0n) is 12.0. The number of benzene rings is 1. The van der Waals surface area contributed by atoms with Crippen LogP contribution in [0.25, 0.3) is 11.0 Å². The summed E-state index contributed by atoms with van der Waals surface area (Å²) < 4.78 is 0. The molecule has 0 bridgehead atoms. The standard InChI is InChI=1S/C14H18N4O3/c1-9(2)8-18(6-5-13(19)20)14(21)10-3-4-11-12(7-10)16-17-15-11/h3-4,7,9H,5-6,8H2,1-2H3,(H,19,20)(H,15,16,17). The van der Waals surface area contributed by atoms with Crippen LogP contribution in [0.5, 0.6) is 0 Å². The third-order valence-electron chi connectivity index (χ3n) is 3.03. The number of carbonyl (C=O) groups excluding carboxylic acids is 1. The molecule has 0 aliphatic carbocycles. The molecule has 112 valence electrons. The molecule has 0 radical (unpaired) electrons. The second kappa shape index (κ2) is 6.34. The van der Waals surface area contributed by atoms with Gasteiger partial charge < -0.3 is 10.0 Å². The largest absolute Gasteiger partial charge is 0.481 e. The van der Waals surface area contributed by atoms with E-state index in [1.807, 2.05) is 13.8 Å². The number of aliphatic carboxylic acids is 1. The summed E-state index contributed by atoms with van der Waals surface area (Å²) in [5.41, 5.74) is 1.79. The molecule has 1 amide bonds. The number of nitrogens with zero attached hydrogens (tertiary/aromatic N) is 3. The van der Waals surface area contributed by atoms with Crippen LogP contribution in [0.4, 0.5) is 0 Å². The van der Waals surface area contributed by atoms with E-state index in [4.69, 9.17) is 5.11 Å². The predicted octanol–water partition coefficient (Wildman–Crippen LogP) is 1.53. The van der Waals surface area contributed by atoms with Crippen LogP contribution in [0.15, 0.2) is 18.2 Å². The Hall–Kier alpha value is -2.44. The molecule has 0 saturated heterocycles. The molecule has 7 heteroatoms. The highest BCUT2D eigenvalue weighted by Crippen LogP contribution is 2.14. The molecule has 0 fully saturated rings. The number of aromatic amines is 1. The van der Waals surface area contributed by atoms with E-state index in [0.29, 0.717) is 23.1 Å². The second-order valence-corrected chi connectivity index (χ2v) is 5.32. The van der Waals surface area contributed by atoms with Crippen LogP contribution >= 0.6 is 0 Å². The lowest BCUT2D eigenvalue weighted by Gasteiger charge is -2.24. The first-order chi connectivity index (χ1) is 9.97. The Kier molecular flexibility index (Phi) is 4.52. The third kappa shape index (κ3) is 3.77. The number of nitrogens with one attached hydrogen (secondary N) is 1. The molecule has 2 rings (SSSR count). The molecule has 0 unspecified atom stereocenters.